The van der Waals surface area contributed by atoms with Gasteiger partial charge in [0.05, 0.1) is 0 Å². The molecule has 1 aromatic rings. The average Bonchev–Trinajstić information content (AvgIpc) is 2.28. The van der Waals surface area contributed by atoms with E-state index in [4.69, 9.17) is 10.1 Å². The first-order valence-corrected chi connectivity index (χ1v) is 6.07. The van der Waals surface area contributed by atoms with Crippen LogP contribution in [-0.4, -0.2) is 58.1 Å². The van der Waals surface area contributed by atoms with Crippen LogP contribution < -0.4 is 0 Å². The number of benzene rings is 1. The van der Waals surface area contributed by atoms with E-state index < -0.39 is 16.2 Å². The molecule has 18 heavy (non-hydrogen) atoms. The van der Waals surface area contributed by atoms with E-state index in [0.29, 0.717) is 0 Å². The fourth-order valence-corrected chi connectivity index (χ4v) is 2.42. The van der Waals surface area contributed by atoms with Crippen LogP contribution in [0.2, 0.25) is 0 Å². The molecule has 1 unspecified atom stereocenters. The third-order valence-electron chi connectivity index (χ3n) is 2.49. The van der Waals surface area contributed by atoms with Crippen LogP contribution in [0, 0.1) is 0 Å². The van der Waals surface area contributed by atoms with Crippen molar-refractivity contribution in [2.75, 3.05) is 0 Å². The zero-order valence-corrected chi connectivity index (χ0v) is 9.29. The van der Waals surface area contributed by atoms with Gasteiger partial charge in [-0.05, 0) is 12.1 Å². The normalized spacial score (nSPS) is 17.7. The first kappa shape index (κ1) is 15.3. The number of hydrogen-bond donors (Lipinski definition) is 2. The summed E-state index contributed by atoms with van der Waals surface area (Å²) >= 11 is 0. The Balaban J connectivity index is 0.00000162. The number of aliphatic hydroxyl groups is 1. The first-order valence-electron chi connectivity index (χ1n) is 4.63. The Kier molecular flexibility index (Phi) is 4.63. The molecule has 0 fully saturated rings. The molecule has 6 nitrogen and oxygen atoms in total. The minimum atomic E-state index is -4.36. The van der Waals surface area contributed by atoms with Gasteiger partial charge in [0.15, 0.2) is 6.10 Å². The van der Waals surface area contributed by atoms with Crippen molar-refractivity contribution in [2.45, 2.75) is 11.0 Å². The van der Waals surface area contributed by atoms with Crippen molar-refractivity contribution in [3.63, 3.8) is 0 Å². The number of fused-ring (bicyclic) bond motifs is 1. The molecular weight excluding hydrogens is 267 g/mol. The second kappa shape index (κ2) is 5.46. The zero-order chi connectivity index (χ0) is 12.6. The Bertz CT molecular complexity index is 662. The van der Waals surface area contributed by atoms with Crippen molar-refractivity contribution in [3.05, 3.63) is 40.9 Å². The van der Waals surface area contributed by atoms with Gasteiger partial charge in [-0.2, -0.15) is 13.2 Å². The molecule has 90 valence electrons. The van der Waals surface area contributed by atoms with E-state index in [-0.39, 0.29) is 51.3 Å². The van der Waals surface area contributed by atoms with Gasteiger partial charge in [-0.25, -0.2) is 0 Å². The second-order valence-electron chi connectivity index (χ2n) is 3.49. The Morgan fingerprint density at radius 1 is 1.28 bits per heavy atom. The monoisotopic (exact) mass is 276 g/mol. The Morgan fingerprint density at radius 2 is 1.94 bits per heavy atom. The average molecular weight is 276 g/mol. The minimum absolute atomic E-state index is 0. The molecule has 1 aliphatic rings. The maximum atomic E-state index is 11.1. The van der Waals surface area contributed by atoms with Gasteiger partial charge in [0.25, 0.3) is 10.1 Å². The van der Waals surface area contributed by atoms with Gasteiger partial charge in [0, 0.05) is 17.2 Å². The van der Waals surface area contributed by atoms with E-state index in [2.05, 4.69) is 4.79 Å². The van der Waals surface area contributed by atoms with E-state index >= 15 is 0 Å². The third-order valence-corrected chi connectivity index (χ3v) is 3.40. The Hall–Kier alpha value is -0.790. The summed E-state index contributed by atoms with van der Waals surface area (Å²) in [7, 11) is -4.36. The quantitative estimate of drug-likeness (QED) is 0.326. The molecule has 0 heterocycles. The molecule has 1 aromatic carbocycles. The Labute approximate surface area is 126 Å². The number of rotatable bonds is 1. The van der Waals surface area contributed by atoms with Gasteiger partial charge in [0.2, 0.25) is 0 Å². The van der Waals surface area contributed by atoms with Crippen LogP contribution in [-0.2, 0) is 10.1 Å². The summed E-state index contributed by atoms with van der Waals surface area (Å²) in [4.78, 5) is 2.60. The molecule has 0 spiro atoms. The maximum absolute atomic E-state index is 11.1. The van der Waals surface area contributed by atoms with Crippen molar-refractivity contribution in [3.8, 4) is 0 Å². The summed E-state index contributed by atoms with van der Waals surface area (Å²) in [6.45, 7) is 0. The summed E-state index contributed by atoms with van der Waals surface area (Å²) in [5, 5.41) is 9.79. The van der Waals surface area contributed by atoms with Crippen molar-refractivity contribution in [1.82, 2.24) is 0 Å². The number of aliphatic hydroxyl groups excluding tert-OH is 1. The van der Waals surface area contributed by atoms with Crippen LogP contribution in [0.25, 0.3) is 11.6 Å². The molecule has 0 radical (unpaired) electrons. The van der Waals surface area contributed by atoms with E-state index in [9.17, 15) is 13.5 Å². The summed E-state index contributed by atoms with van der Waals surface area (Å²) in [6, 6.07) is 4.11. The summed E-state index contributed by atoms with van der Waals surface area (Å²) in [5.74, 6) is 0. The SMILES string of the molecule is [N-]=[N+]=C1C=Cc2c(cccc2S(=O)(=O)O)C1O.[NaH]. The van der Waals surface area contributed by atoms with Crippen LogP contribution in [0.15, 0.2) is 29.2 Å². The molecule has 0 bridgehead atoms. The predicted octanol–water partition coefficient (Wildman–Crippen LogP) is 0.0158. The zero-order valence-electron chi connectivity index (χ0n) is 8.48. The van der Waals surface area contributed by atoms with E-state index in [1.165, 1.54) is 30.4 Å². The van der Waals surface area contributed by atoms with Gasteiger partial charge in [-0.15, -0.1) is 0 Å². The molecule has 8 heteroatoms. The topological polar surface area (TPSA) is 111 Å². The van der Waals surface area contributed by atoms with Crippen LogP contribution in [0.5, 0.6) is 0 Å². The predicted molar refractivity (Wildman–Crippen MR) is 66.0 cm³/mol. The first-order chi connectivity index (χ1) is 7.95. The van der Waals surface area contributed by atoms with Crippen LogP contribution in [0.3, 0.4) is 0 Å². The molecule has 1 aliphatic carbocycles. The standard InChI is InChI=1S/C10H8N2O4S.Na.H/c11-12-8-5-4-6-7(10(8)13)2-1-3-9(6)17(14,15)16;;/h1-5,10,13H,(H,14,15,16);;. The van der Waals surface area contributed by atoms with Crippen LogP contribution >= 0.6 is 0 Å². The van der Waals surface area contributed by atoms with Crippen molar-refractivity contribution < 1.29 is 22.9 Å². The van der Waals surface area contributed by atoms with Gasteiger partial charge in [-0.1, -0.05) is 12.1 Å². The van der Waals surface area contributed by atoms with Gasteiger partial charge >= 0.3 is 35.3 Å². The van der Waals surface area contributed by atoms with Crippen LogP contribution in [0.1, 0.15) is 17.2 Å². The molecule has 0 aromatic heterocycles. The molecular formula is C10H9N2NaO4S. The third kappa shape index (κ3) is 2.62. The van der Waals surface area contributed by atoms with Crippen LogP contribution in [0.4, 0.5) is 0 Å². The van der Waals surface area contributed by atoms with Gasteiger partial charge < -0.3 is 10.6 Å². The fourth-order valence-electron chi connectivity index (χ4n) is 1.71. The summed E-state index contributed by atoms with van der Waals surface area (Å²) in [5.41, 5.74) is 9.08. The van der Waals surface area contributed by atoms with E-state index in [1.54, 1.807) is 0 Å². The molecule has 1 atom stereocenters. The molecule has 0 amide bonds. The summed E-state index contributed by atoms with van der Waals surface area (Å²) < 4.78 is 31.3. The second-order valence-corrected chi connectivity index (χ2v) is 4.88. The van der Waals surface area contributed by atoms with Crippen molar-refractivity contribution in [2.24, 2.45) is 0 Å². The van der Waals surface area contributed by atoms with Gasteiger partial charge in [-0.3, -0.25) is 4.55 Å². The van der Waals surface area contributed by atoms with Crippen molar-refractivity contribution in [1.29, 1.82) is 0 Å². The van der Waals surface area contributed by atoms with E-state index in [0.717, 1.165) is 0 Å². The van der Waals surface area contributed by atoms with Crippen molar-refractivity contribution >= 4 is 51.5 Å². The fraction of sp³-hybridized carbons (Fsp3) is 0.100. The molecule has 0 saturated carbocycles. The number of nitrogens with zero attached hydrogens (tertiary/aromatic N) is 2. The molecule has 0 aliphatic heterocycles. The molecule has 2 N–H and O–H groups in total. The molecule has 0 saturated heterocycles. The molecule has 2 rings (SSSR count). The van der Waals surface area contributed by atoms with E-state index in [1.807, 2.05) is 0 Å². The number of hydrogen-bond acceptors (Lipinski definition) is 3. The van der Waals surface area contributed by atoms with Gasteiger partial charge in [0.1, 0.15) is 4.90 Å². The Morgan fingerprint density at radius 3 is 2.50 bits per heavy atom. The summed E-state index contributed by atoms with van der Waals surface area (Å²) in [6.07, 6.45) is 1.42.